The van der Waals surface area contributed by atoms with Gasteiger partial charge in [-0.3, -0.25) is 13.6 Å². The molecular weight excluding hydrogens is 359 g/mol. The average molecular weight is 382 g/mol. The van der Waals surface area contributed by atoms with E-state index in [9.17, 15) is 4.57 Å². The Morgan fingerprint density at radius 2 is 0.963 bits per heavy atom. The Bertz CT molecular complexity index is 816. The molecule has 0 saturated carbocycles. The van der Waals surface area contributed by atoms with Crippen LogP contribution in [0.15, 0.2) is 84.9 Å². The summed E-state index contributed by atoms with van der Waals surface area (Å²) in [7, 11) is -3.73. The van der Waals surface area contributed by atoms with E-state index in [1.54, 1.807) is 0 Å². The number of rotatable bonds is 9. The third-order valence-corrected chi connectivity index (χ3v) is 5.31. The van der Waals surface area contributed by atoms with Gasteiger partial charge in [-0.2, -0.15) is 0 Å². The highest BCUT2D eigenvalue weighted by molar-refractivity contribution is 7.48. The molecular formula is C22H23O4P. The fourth-order valence-corrected chi connectivity index (χ4v) is 3.55. The summed E-state index contributed by atoms with van der Waals surface area (Å²) in [6.45, 7) is 2.48. The number of phosphoric ester groups is 1. The monoisotopic (exact) mass is 382 g/mol. The van der Waals surface area contributed by atoms with E-state index in [0.29, 0.717) is 0 Å². The summed E-state index contributed by atoms with van der Waals surface area (Å²) >= 11 is 0. The van der Waals surface area contributed by atoms with Crippen LogP contribution in [0, 0.1) is 6.92 Å². The maximum atomic E-state index is 13.1. The van der Waals surface area contributed by atoms with Crippen LogP contribution in [0.5, 0.6) is 0 Å². The molecule has 0 heterocycles. The molecule has 27 heavy (non-hydrogen) atoms. The fraction of sp³-hybridized carbons (Fsp3) is 0.182. The van der Waals surface area contributed by atoms with Gasteiger partial charge in [0.15, 0.2) is 0 Å². The highest BCUT2D eigenvalue weighted by atomic mass is 31.2. The Labute approximate surface area is 160 Å². The van der Waals surface area contributed by atoms with Crippen molar-refractivity contribution in [2.75, 3.05) is 0 Å². The van der Waals surface area contributed by atoms with E-state index < -0.39 is 7.82 Å². The van der Waals surface area contributed by atoms with Crippen molar-refractivity contribution in [1.82, 2.24) is 0 Å². The van der Waals surface area contributed by atoms with E-state index in [0.717, 1.165) is 22.3 Å². The molecule has 0 radical (unpaired) electrons. The first-order chi connectivity index (χ1) is 13.1. The van der Waals surface area contributed by atoms with E-state index in [1.807, 2.05) is 91.9 Å². The minimum atomic E-state index is -3.73. The molecule has 0 aliphatic carbocycles. The van der Waals surface area contributed by atoms with Crippen molar-refractivity contribution in [3.63, 3.8) is 0 Å². The molecule has 0 unspecified atom stereocenters. The van der Waals surface area contributed by atoms with Crippen molar-refractivity contribution >= 4 is 7.82 Å². The standard InChI is InChI=1S/C22H23O4P/c1-19-12-14-22(15-13-19)18-26-27(23,24-16-20-8-4-2-5-9-20)25-17-21-10-6-3-7-11-21/h2-15H,16-18H2,1H3. The Kier molecular flexibility index (Phi) is 6.97. The summed E-state index contributed by atoms with van der Waals surface area (Å²) in [6, 6.07) is 26.9. The zero-order valence-electron chi connectivity index (χ0n) is 15.3. The Balaban J connectivity index is 1.66. The molecule has 5 heteroatoms. The van der Waals surface area contributed by atoms with E-state index >= 15 is 0 Å². The summed E-state index contributed by atoms with van der Waals surface area (Å²) in [4.78, 5) is 0. The number of phosphoric acid groups is 1. The third kappa shape index (κ3) is 6.46. The van der Waals surface area contributed by atoms with Gasteiger partial charge in [-0.15, -0.1) is 0 Å². The molecule has 0 spiro atoms. The number of hydrogen-bond donors (Lipinski definition) is 0. The second-order valence-corrected chi connectivity index (χ2v) is 7.89. The molecule has 3 aromatic rings. The van der Waals surface area contributed by atoms with Crippen molar-refractivity contribution in [1.29, 1.82) is 0 Å². The second-order valence-electron chi connectivity index (χ2n) is 6.22. The van der Waals surface area contributed by atoms with Crippen LogP contribution in [0.2, 0.25) is 0 Å². The molecule has 0 aliphatic rings. The van der Waals surface area contributed by atoms with Gasteiger partial charge in [0.25, 0.3) is 0 Å². The highest BCUT2D eigenvalue weighted by Crippen LogP contribution is 2.51. The Hall–Kier alpha value is -2.23. The lowest BCUT2D eigenvalue weighted by atomic mass is 10.2. The van der Waals surface area contributed by atoms with Gasteiger partial charge in [0.2, 0.25) is 0 Å². The van der Waals surface area contributed by atoms with Gasteiger partial charge in [0.1, 0.15) is 0 Å². The van der Waals surface area contributed by atoms with Crippen molar-refractivity contribution in [2.24, 2.45) is 0 Å². The summed E-state index contributed by atoms with van der Waals surface area (Å²) in [5.74, 6) is 0. The molecule has 0 bridgehead atoms. The third-order valence-electron chi connectivity index (χ3n) is 3.97. The van der Waals surface area contributed by atoms with E-state index in [1.165, 1.54) is 0 Å². The molecule has 0 N–H and O–H groups in total. The van der Waals surface area contributed by atoms with Gasteiger partial charge >= 0.3 is 7.82 Å². The zero-order chi connectivity index (χ0) is 19.0. The molecule has 0 aliphatic heterocycles. The quantitative estimate of drug-likeness (QED) is 0.422. The van der Waals surface area contributed by atoms with Crippen LogP contribution in [0.25, 0.3) is 0 Å². The van der Waals surface area contributed by atoms with Crippen LogP contribution < -0.4 is 0 Å². The summed E-state index contributed by atoms with van der Waals surface area (Å²) < 4.78 is 29.9. The highest BCUT2D eigenvalue weighted by Gasteiger charge is 2.27. The molecule has 0 saturated heterocycles. The van der Waals surface area contributed by atoms with Crippen LogP contribution >= 0.6 is 7.82 Å². The Morgan fingerprint density at radius 1 is 0.593 bits per heavy atom. The van der Waals surface area contributed by atoms with E-state index in [-0.39, 0.29) is 19.8 Å². The topological polar surface area (TPSA) is 44.8 Å². The largest absolute Gasteiger partial charge is 0.475 e. The first-order valence-electron chi connectivity index (χ1n) is 8.80. The zero-order valence-corrected chi connectivity index (χ0v) is 16.2. The number of benzene rings is 3. The van der Waals surface area contributed by atoms with Gasteiger partial charge in [-0.25, -0.2) is 4.57 Å². The lowest BCUT2D eigenvalue weighted by Gasteiger charge is -2.18. The molecule has 4 nitrogen and oxygen atoms in total. The van der Waals surface area contributed by atoms with Gasteiger partial charge in [0, 0.05) is 0 Å². The molecule has 3 aromatic carbocycles. The van der Waals surface area contributed by atoms with Gasteiger partial charge < -0.3 is 0 Å². The lowest BCUT2D eigenvalue weighted by Crippen LogP contribution is -2.02. The molecule has 140 valence electrons. The summed E-state index contributed by atoms with van der Waals surface area (Å²) in [6.07, 6.45) is 0. The maximum Gasteiger partial charge on any atom is 0.475 e. The maximum absolute atomic E-state index is 13.1. The predicted octanol–water partition coefficient (Wildman–Crippen LogP) is 6.05. The van der Waals surface area contributed by atoms with Crippen LogP contribution in [-0.4, -0.2) is 0 Å². The summed E-state index contributed by atoms with van der Waals surface area (Å²) in [5, 5.41) is 0. The first-order valence-corrected chi connectivity index (χ1v) is 10.3. The van der Waals surface area contributed by atoms with Crippen LogP contribution in [0.3, 0.4) is 0 Å². The van der Waals surface area contributed by atoms with Gasteiger partial charge in [0.05, 0.1) is 19.8 Å². The fourth-order valence-electron chi connectivity index (χ4n) is 2.41. The molecule has 0 fully saturated rings. The smallest absolute Gasteiger partial charge is 0.282 e. The predicted molar refractivity (Wildman–Crippen MR) is 106 cm³/mol. The van der Waals surface area contributed by atoms with Crippen molar-refractivity contribution < 1.29 is 18.1 Å². The van der Waals surface area contributed by atoms with Gasteiger partial charge in [-0.05, 0) is 23.6 Å². The van der Waals surface area contributed by atoms with Crippen molar-refractivity contribution in [2.45, 2.75) is 26.7 Å². The lowest BCUT2D eigenvalue weighted by molar-refractivity contribution is 0.0978. The minimum Gasteiger partial charge on any atom is -0.282 e. The van der Waals surface area contributed by atoms with E-state index in [2.05, 4.69) is 0 Å². The molecule has 0 amide bonds. The van der Waals surface area contributed by atoms with E-state index in [4.69, 9.17) is 13.6 Å². The summed E-state index contributed by atoms with van der Waals surface area (Å²) in [5.41, 5.74) is 3.87. The molecule has 0 atom stereocenters. The first kappa shape index (κ1) is 19.5. The minimum absolute atomic E-state index is 0.154. The number of hydrogen-bond acceptors (Lipinski definition) is 4. The van der Waals surface area contributed by atoms with Gasteiger partial charge in [-0.1, -0.05) is 90.5 Å². The molecule has 3 rings (SSSR count). The SMILES string of the molecule is Cc1ccc(COP(=O)(OCc2ccccc2)OCc2ccccc2)cc1. The Morgan fingerprint density at radius 3 is 1.37 bits per heavy atom. The van der Waals surface area contributed by atoms with Crippen LogP contribution in [-0.2, 0) is 38.0 Å². The van der Waals surface area contributed by atoms with Crippen molar-refractivity contribution in [3.8, 4) is 0 Å². The van der Waals surface area contributed by atoms with Crippen LogP contribution in [0.4, 0.5) is 0 Å². The van der Waals surface area contributed by atoms with Crippen molar-refractivity contribution in [3.05, 3.63) is 107 Å². The molecule has 0 aromatic heterocycles. The average Bonchev–Trinajstić information content (AvgIpc) is 2.72. The number of aryl methyl sites for hydroxylation is 1. The van der Waals surface area contributed by atoms with Crippen LogP contribution in [0.1, 0.15) is 22.3 Å². The normalized spacial score (nSPS) is 11.4. The second kappa shape index (κ2) is 9.63.